The van der Waals surface area contributed by atoms with Crippen LogP contribution in [0.15, 0.2) is 6.07 Å². The maximum Gasteiger partial charge on any atom is 0.225 e. The van der Waals surface area contributed by atoms with Crippen LogP contribution in [0.2, 0.25) is 0 Å². The van der Waals surface area contributed by atoms with Gasteiger partial charge < -0.3 is 11.1 Å². The maximum absolute atomic E-state index is 11.8. The molecule has 0 saturated heterocycles. The standard InChI is InChI=1S/C13H24N4O/c1-10-9-11(17(4)16-10)15-12(18)5-6-13(2,3)7-8-14/h9H,5-8,14H2,1-4H3,(H,15,18). The van der Waals surface area contributed by atoms with Gasteiger partial charge in [0.05, 0.1) is 5.69 Å². The minimum Gasteiger partial charge on any atom is -0.330 e. The lowest BCUT2D eigenvalue weighted by Crippen LogP contribution is -2.21. The summed E-state index contributed by atoms with van der Waals surface area (Å²) in [6.07, 6.45) is 2.29. The van der Waals surface area contributed by atoms with E-state index in [0.29, 0.717) is 13.0 Å². The molecule has 1 amide bonds. The summed E-state index contributed by atoms with van der Waals surface area (Å²) in [7, 11) is 1.82. The predicted molar refractivity (Wildman–Crippen MR) is 73.3 cm³/mol. The van der Waals surface area contributed by atoms with E-state index in [0.717, 1.165) is 24.4 Å². The molecule has 1 heterocycles. The molecule has 0 aliphatic carbocycles. The van der Waals surface area contributed by atoms with E-state index in [1.165, 1.54) is 0 Å². The Morgan fingerprint density at radius 3 is 2.67 bits per heavy atom. The van der Waals surface area contributed by atoms with E-state index in [1.54, 1.807) is 4.68 Å². The van der Waals surface area contributed by atoms with Crippen LogP contribution in [0.25, 0.3) is 0 Å². The van der Waals surface area contributed by atoms with E-state index < -0.39 is 0 Å². The van der Waals surface area contributed by atoms with Gasteiger partial charge in [0.2, 0.25) is 5.91 Å². The van der Waals surface area contributed by atoms with E-state index in [9.17, 15) is 4.79 Å². The zero-order chi connectivity index (χ0) is 13.8. The van der Waals surface area contributed by atoms with Crippen molar-refractivity contribution in [3.05, 3.63) is 11.8 Å². The van der Waals surface area contributed by atoms with Crippen LogP contribution in [0.5, 0.6) is 0 Å². The molecule has 0 aliphatic heterocycles. The van der Waals surface area contributed by atoms with Crippen LogP contribution in [0.1, 0.15) is 38.8 Å². The zero-order valence-electron chi connectivity index (χ0n) is 11.8. The van der Waals surface area contributed by atoms with Crippen LogP contribution in [0, 0.1) is 12.3 Å². The molecule has 0 fully saturated rings. The molecular weight excluding hydrogens is 228 g/mol. The predicted octanol–water partition coefficient (Wildman–Crippen LogP) is 1.82. The van der Waals surface area contributed by atoms with Gasteiger partial charge >= 0.3 is 0 Å². The van der Waals surface area contributed by atoms with Gasteiger partial charge in [-0.25, -0.2) is 0 Å². The number of hydrogen-bond donors (Lipinski definition) is 2. The van der Waals surface area contributed by atoms with Crippen molar-refractivity contribution < 1.29 is 4.79 Å². The molecule has 1 aromatic heterocycles. The summed E-state index contributed by atoms with van der Waals surface area (Å²) in [6.45, 7) is 6.85. The Kier molecular flexibility index (Phi) is 4.90. The molecule has 102 valence electrons. The van der Waals surface area contributed by atoms with Crippen LogP contribution in [-0.4, -0.2) is 22.2 Å². The second-order valence-electron chi connectivity index (χ2n) is 5.55. The van der Waals surface area contributed by atoms with Crippen LogP contribution in [0.3, 0.4) is 0 Å². The van der Waals surface area contributed by atoms with Gasteiger partial charge in [-0.1, -0.05) is 13.8 Å². The lowest BCUT2D eigenvalue weighted by atomic mass is 9.84. The Bertz CT molecular complexity index is 409. The van der Waals surface area contributed by atoms with Crippen molar-refractivity contribution in [1.82, 2.24) is 9.78 Å². The number of hydrogen-bond acceptors (Lipinski definition) is 3. The van der Waals surface area contributed by atoms with Crippen LogP contribution < -0.4 is 11.1 Å². The molecule has 1 rings (SSSR count). The van der Waals surface area contributed by atoms with Gasteiger partial charge in [-0.2, -0.15) is 5.10 Å². The van der Waals surface area contributed by atoms with Crippen LogP contribution in [0.4, 0.5) is 5.82 Å². The maximum atomic E-state index is 11.8. The van der Waals surface area contributed by atoms with Crippen molar-refractivity contribution in [2.75, 3.05) is 11.9 Å². The number of carbonyl (C=O) groups excluding carboxylic acids is 1. The third-order valence-electron chi connectivity index (χ3n) is 3.12. The van der Waals surface area contributed by atoms with E-state index in [-0.39, 0.29) is 11.3 Å². The first-order chi connectivity index (χ1) is 8.34. The molecule has 0 spiro atoms. The number of aryl methyl sites for hydroxylation is 2. The Morgan fingerprint density at radius 1 is 1.50 bits per heavy atom. The summed E-state index contributed by atoms with van der Waals surface area (Å²) in [5, 5.41) is 7.06. The summed E-state index contributed by atoms with van der Waals surface area (Å²) in [5.74, 6) is 0.775. The molecule has 3 N–H and O–H groups in total. The topological polar surface area (TPSA) is 72.9 Å². The molecule has 18 heavy (non-hydrogen) atoms. The van der Waals surface area contributed by atoms with Crippen LogP contribution >= 0.6 is 0 Å². The largest absolute Gasteiger partial charge is 0.330 e. The van der Waals surface area contributed by atoms with Crippen molar-refractivity contribution >= 4 is 11.7 Å². The third kappa shape index (κ3) is 4.49. The number of nitrogens with zero attached hydrogens (tertiary/aromatic N) is 2. The van der Waals surface area contributed by atoms with E-state index in [2.05, 4.69) is 24.3 Å². The third-order valence-corrected chi connectivity index (χ3v) is 3.12. The molecule has 0 aromatic carbocycles. The van der Waals surface area contributed by atoms with E-state index in [1.807, 2.05) is 20.0 Å². The first kappa shape index (κ1) is 14.7. The number of nitrogens with one attached hydrogen (secondary N) is 1. The SMILES string of the molecule is Cc1cc(NC(=O)CCC(C)(C)CCN)n(C)n1. The molecule has 0 atom stereocenters. The molecule has 0 aliphatic rings. The van der Waals surface area contributed by atoms with Gasteiger partial charge in [-0.15, -0.1) is 0 Å². The molecule has 0 saturated carbocycles. The van der Waals surface area contributed by atoms with Gasteiger partial charge in [0.1, 0.15) is 5.82 Å². The second-order valence-corrected chi connectivity index (χ2v) is 5.55. The summed E-state index contributed by atoms with van der Waals surface area (Å²) in [5.41, 5.74) is 6.57. The minimum absolute atomic E-state index is 0.0306. The number of amides is 1. The Balaban J connectivity index is 2.45. The molecule has 0 bridgehead atoms. The smallest absolute Gasteiger partial charge is 0.225 e. The van der Waals surface area contributed by atoms with Crippen molar-refractivity contribution in [1.29, 1.82) is 0 Å². The summed E-state index contributed by atoms with van der Waals surface area (Å²) < 4.78 is 1.68. The second kappa shape index (κ2) is 6.00. The van der Waals surface area contributed by atoms with E-state index in [4.69, 9.17) is 5.73 Å². The number of carbonyl (C=O) groups is 1. The highest BCUT2D eigenvalue weighted by Gasteiger charge is 2.18. The zero-order valence-corrected chi connectivity index (χ0v) is 11.8. The Hall–Kier alpha value is -1.36. The van der Waals surface area contributed by atoms with E-state index >= 15 is 0 Å². The molecule has 1 aromatic rings. The fourth-order valence-corrected chi connectivity index (χ4v) is 1.90. The average Bonchev–Trinajstić information content (AvgIpc) is 2.55. The van der Waals surface area contributed by atoms with Crippen molar-refractivity contribution in [2.24, 2.45) is 18.2 Å². The normalized spacial score (nSPS) is 11.6. The van der Waals surface area contributed by atoms with Crippen molar-refractivity contribution in [3.8, 4) is 0 Å². The molecular formula is C13H24N4O. The number of anilines is 1. The lowest BCUT2D eigenvalue weighted by molar-refractivity contribution is -0.116. The quantitative estimate of drug-likeness (QED) is 0.811. The summed E-state index contributed by atoms with van der Waals surface area (Å²) >= 11 is 0. The highest BCUT2D eigenvalue weighted by Crippen LogP contribution is 2.26. The Morgan fingerprint density at radius 2 is 2.17 bits per heavy atom. The lowest BCUT2D eigenvalue weighted by Gasteiger charge is -2.23. The first-order valence-corrected chi connectivity index (χ1v) is 6.34. The monoisotopic (exact) mass is 252 g/mol. The minimum atomic E-state index is 0.0306. The van der Waals surface area contributed by atoms with Gasteiger partial charge in [-0.3, -0.25) is 9.48 Å². The van der Waals surface area contributed by atoms with Crippen molar-refractivity contribution in [2.45, 2.75) is 40.0 Å². The molecule has 5 nitrogen and oxygen atoms in total. The highest BCUT2D eigenvalue weighted by molar-refractivity contribution is 5.89. The number of nitrogens with two attached hydrogens (primary N) is 1. The fraction of sp³-hybridized carbons (Fsp3) is 0.692. The van der Waals surface area contributed by atoms with Gasteiger partial charge in [0.15, 0.2) is 0 Å². The summed E-state index contributed by atoms with van der Waals surface area (Å²) in [6, 6.07) is 1.86. The van der Waals surface area contributed by atoms with Crippen LogP contribution in [-0.2, 0) is 11.8 Å². The highest BCUT2D eigenvalue weighted by atomic mass is 16.1. The van der Waals surface area contributed by atoms with Gasteiger partial charge in [-0.05, 0) is 31.7 Å². The fourth-order valence-electron chi connectivity index (χ4n) is 1.90. The molecule has 0 unspecified atom stereocenters. The summed E-state index contributed by atoms with van der Waals surface area (Å²) in [4.78, 5) is 11.8. The van der Waals surface area contributed by atoms with Crippen molar-refractivity contribution in [3.63, 3.8) is 0 Å². The molecule has 5 heteroatoms. The van der Waals surface area contributed by atoms with Gasteiger partial charge in [0, 0.05) is 19.5 Å². The average molecular weight is 252 g/mol. The van der Waals surface area contributed by atoms with Gasteiger partial charge in [0.25, 0.3) is 0 Å². The Labute approximate surface area is 109 Å². The first-order valence-electron chi connectivity index (χ1n) is 6.34. The number of rotatable bonds is 6. The molecule has 0 radical (unpaired) electrons. The number of aromatic nitrogens is 2.